The third-order valence-electron chi connectivity index (χ3n) is 1.66. The molecule has 2 aromatic rings. The topological polar surface area (TPSA) is 20.2 Å². The zero-order valence-electron chi connectivity index (χ0n) is 7.07. The minimum Gasteiger partial charge on any atom is -0.400 e. The van der Waals surface area contributed by atoms with E-state index in [2.05, 4.69) is 48.5 Å². The summed E-state index contributed by atoms with van der Waals surface area (Å²) in [5.74, 6) is 0. The molecule has 0 saturated carbocycles. The maximum absolute atomic E-state index is 7.00. The molecule has 0 atom stereocenters. The second kappa shape index (κ2) is 6.21. The van der Waals surface area contributed by atoms with Crippen LogP contribution in [0.25, 0.3) is 10.8 Å². The van der Waals surface area contributed by atoms with Crippen molar-refractivity contribution in [2.24, 2.45) is 0 Å². The molecule has 0 bridgehead atoms. The lowest BCUT2D eigenvalue weighted by Gasteiger charge is -1.92. The van der Waals surface area contributed by atoms with E-state index in [-0.39, 0.29) is 7.43 Å². The van der Waals surface area contributed by atoms with Gasteiger partial charge in [-0.05, 0) is 10.8 Å². The average Bonchev–Trinajstić information content (AvgIpc) is 2.21. The number of hydrogen-bond donors (Lipinski definition) is 1. The third-order valence-corrected chi connectivity index (χ3v) is 1.66. The van der Waals surface area contributed by atoms with E-state index in [1.54, 1.807) is 0 Å². The molecule has 0 aromatic heterocycles. The quantitative estimate of drug-likeness (QED) is 0.654. The van der Waals surface area contributed by atoms with Gasteiger partial charge in [-0.25, -0.2) is 0 Å². The first-order valence-electron chi connectivity index (χ1n) is 3.85. The van der Waals surface area contributed by atoms with Gasteiger partial charge >= 0.3 is 0 Å². The molecule has 2 aromatic carbocycles. The Hall–Kier alpha value is -1.34. The van der Waals surface area contributed by atoms with Gasteiger partial charge < -0.3 is 5.11 Å². The normalized spacial score (nSPS) is 8.15. The Bertz CT molecular complexity index is 276. The van der Waals surface area contributed by atoms with E-state index in [4.69, 9.17) is 5.11 Å². The monoisotopic (exact) mass is 176 g/mol. The summed E-state index contributed by atoms with van der Waals surface area (Å²) in [6.07, 6.45) is 0. The van der Waals surface area contributed by atoms with Crippen molar-refractivity contribution in [2.45, 2.75) is 7.43 Å². The molecule has 2 rings (SSSR count). The van der Waals surface area contributed by atoms with Gasteiger partial charge in [-0.3, -0.25) is 0 Å². The van der Waals surface area contributed by atoms with Crippen molar-refractivity contribution in [3.8, 4) is 0 Å². The third kappa shape index (κ3) is 2.88. The molecule has 0 unspecified atom stereocenters. The van der Waals surface area contributed by atoms with Crippen molar-refractivity contribution in [2.75, 3.05) is 7.11 Å². The molecule has 0 radical (unpaired) electrons. The summed E-state index contributed by atoms with van der Waals surface area (Å²) in [6.45, 7) is 0. The lowest BCUT2D eigenvalue weighted by molar-refractivity contribution is 0.399. The molecular formula is C12H16O. The molecule has 0 amide bonds. The standard InChI is InChI=1S/C10H8.CH4O.CH4/c1-2-6-10-8-4-3-7-9(10)5-1;1-2;/h1-8H;2H,1H3;1H4. The van der Waals surface area contributed by atoms with Crippen LogP contribution in [0.2, 0.25) is 0 Å². The van der Waals surface area contributed by atoms with Crippen molar-refractivity contribution in [1.82, 2.24) is 0 Å². The highest BCUT2D eigenvalue weighted by molar-refractivity contribution is 5.81. The molecule has 0 spiro atoms. The Morgan fingerprint density at radius 3 is 1.15 bits per heavy atom. The molecule has 0 aliphatic carbocycles. The SMILES string of the molecule is C.CO.c1ccc2ccccc2c1. The fourth-order valence-electron chi connectivity index (χ4n) is 1.13. The van der Waals surface area contributed by atoms with Crippen molar-refractivity contribution >= 4 is 10.8 Å². The summed E-state index contributed by atoms with van der Waals surface area (Å²) in [5.41, 5.74) is 0. The minimum atomic E-state index is 0. The molecule has 1 N–H and O–H groups in total. The zero-order chi connectivity index (χ0) is 8.81. The molecular weight excluding hydrogens is 160 g/mol. The van der Waals surface area contributed by atoms with E-state index in [1.165, 1.54) is 10.8 Å². The van der Waals surface area contributed by atoms with Gasteiger partial charge in [0.25, 0.3) is 0 Å². The summed E-state index contributed by atoms with van der Waals surface area (Å²) < 4.78 is 0. The van der Waals surface area contributed by atoms with Crippen LogP contribution in [0, 0.1) is 0 Å². The van der Waals surface area contributed by atoms with Crippen LogP contribution in [0.3, 0.4) is 0 Å². The molecule has 0 aliphatic heterocycles. The van der Waals surface area contributed by atoms with Gasteiger partial charge in [-0.2, -0.15) is 0 Å². The highest BCUT2D eigenvalue weighted by Gasteiger charge is 1.85. The summed E-state index contributed by atoms with van der Waals surface area (Å²) >= 11 is 0. The molecule has 0 aliphatic rings. The van der Waals surface area contributed by atoms with Crippen LogP contribution in [0.1, 0.15) is 7.43 Å². The Balaban J connectivity index is 0.000000451. The van der Waals surface area contributed by atoms with Crippen molar-refractivity contribution in [3.63, 3.8) is 0 Å². The predicted octanol–water partition coefficient (Wildman–Crippen LogP) is 3.08. The molecule has 0 fully saturated rings. The second-order valence-electron chi connectivity index (χ2n) is 2.35. The van der Waals surface area contributed by atoms with E-state index in [0.29, 0.717) is 0 Å². The maximum Gasteiger partial charge on any atom is 0.0319 e. The first kappa shape index (κ1) is 11.7. The largest absolute Gasteiger partial charge is 0.400 e. The highest BCUT2D eigenvalue weighted by atomic mass is 16.2. The second-order valence-corrected chi connectivity index (χ2v) is 2.35. The fourth-order valence-corrected chi connectivity index (χ4v) is 1.13. The zero-order valence-corrected chi connectivity index (χ0v) is 7.07. The Labute approximate surface area is 79.6 Å². The van der Waals surface area contributed by atoms with E-state index < -0.39 is 0 Å². The van der Waals surface area contributed by atoms with E-state index in [1.807, 2.05) is 0 Å². The van der Waals surface area contributed by atoms with Gasteiger partial charge in [-0.1, -0.05) is 56.0 Å². The summed E-state index contributed by atoms with van der Waals surface area (Å²) in [7, 11) is 1.00. The van der Waals surface area contributed by atoms with Crippen LogP contribution in [0.5, 0.6) is 0 Å². The number of benzene rings is 2. The van der Waals surface area contributed by atoms with Crippen LogP contribution in [0.15, 0.2) is 48.5 Å². The lowest BCUT2D eigenvalue weighted by atomic mass is 10.1. The highest BCUT2D eigenvalue weighted by Crippen LogP contribution is 2.11. The van der Waals surface area contributed by atoms with Crippen molar-refractivity contribution in [3.05, 3.63) is 48.5 Å². The van der Waals surface area contributed by atoms with Crippen LogP contribution < -0.4 is 0 Å². The van der Waals surface area contributed by atoms with Gasteiger partial charge in [-0.15, -0.1) is 0 Å². The number of hydrogen-bond acceptors (Lipinski definition) is 1. The Kier molecular flexibility index (Phi) is 5.57. The summed E-state index contributed by atoms with van der Waals surface area (Å²) in [6, 6.07) is 16.7. The van der Waals surface area contributed by atoms with E-state index in [9.17, 15) is 0 Å². The smallest absolute Gasteiger partial charge is 0.0319 e. The first-order valence-corrected chi connectivity index (χ1v) is 3.85. The number of aliphatic hydroxyl groups excluding tert-OH is 1. The van der Waals surface area contributed by atoms with E-state index in [0.717, 1.165) is 7.11 Å². The molecule has 1 heteroatoms. The van der Waals surface area contributed by atoms with Crippen LogP contribution in [0.4, 0.5) is 0 Å². The van der Waals surface area contributed by atoms with Gasteiger partial charge in [0.1, 0.15) is 0 Å². The maximum atomic E-state index is 7.00. The van der Waals surface area contributed by atoms with E-state index >= 15 is 0 Å². The van der Waals surface area contributed by atoms with Crippen molar-refractivity contribution < 1.29 is 5.11 Å². The number of aliphatic hydroxyl groups is 1. The van der Waals surface area contributed by atoms with Gasteiger partial charge in [0.05, 0.1) is 0 Å². The summed E-state index contributed by atoms with van der Waals surface area (Å²) in [5, 5.41) is 9.62. The number of fused-ring (bicyclic) bond motifs is 1. The molecule has 13 heavy (non-hydrogen) atoms. The summed E-state index contributed by atoms with van der Waals surface area (Å²) in [4.78, 5) is 0. The van der Waals surface area contributed by atoms with Gasteiger partial charge in [0.2, 0.25) is 0 Å². The fraction of sp³-hybridized carbons (Fsp3) is 0.167. The molecule has 1 nitrogen and oxygen atoms in total. The minimum absolute atomic E-state index is 0. The first-order chi connectivity index (χ1) is 5.97. The van der Waals surface area contributed by atoms with Gasteiger partial charge in [0.15, 0.2) is 0 Å². The number of rotatable bonds is 0. The van der Waals surface area contributed by atoms with Crippen molar-refractivity contribution in [1.29, 1.82) is 0 Å². The van der Waals surface area contributed by atoms with Crippen LogP contribution in [-0.4, -0.2) is 12.2 Å². The lowest BCUT2D eigenvalue weighted by Crippen LogP contribution is -1.67. The molecule has 0 saturated heterocycles. The Morgan fingerprint density at radius 1 is 0.692 bits per heavy atom. The predicted molar refractivity (Wildman–Crippen MR) is 58.8 cm³/mol. The van der Waals surface area contributed by atoms with Crippen LogP contribution >= 0.6 is 0 Å². The van der Waals surface area contributed by atoms with Crippen LogP contribution in [-0.2, 0) is 0 Å². The average molecular weight is 176 g/mol. The van der Waals surface area contributed by atoms with Gasteiger partial charge in [0, 0.05) is 7.11 Å². The molecule has 0 heterocycles. The molecule has 70 valence electrons. The Morgan fingerprint density at radius 2 is 0.923 bits per heavy atom.